The molecule has 82 valence electrons. The third-order valence-electron chi connectivity index (χ3n) is 2.53. The molecule has 2 rings (SSSR count). The quantitative estimate of drug-likeness (QED) is 0.605. The van der Waals surface area contributed by atoms with Gasteiger partial charge in [-0.3, -0.25) is 10.8 Å². The van der Waals surface area contributed by atoms with Gasteiger partial charge < -0.3 is 0 Å². The summed E-state index contributed by atoms with van der Waals surface area (Å²) in [6, 6.07) is 14.0. The average molecular weight is 213 g/mol. The zero-order valence-electron chi connectivity index (χ0n) is 9.22. The lowest BCUT2D eigenvalue weighted by Crippen LogP contribution is -2.29. The summed E-state index contributed by atoms with van der Waals surface area (Å²) in [6.45, 7) is 2.05. The van der Waals surface area contributed by atoms with Gasteiger partial charge in [-0.1, -0.05) is 30.3 Å². The number of nitrogens with zero attached hydrogens (tertiary/aromatic N) is 1. The summed E-state index contributed by atoms with van der Waals surface area (Å²) in [4.78, 5) is 4.34. The summed E-state index contributed by atoms with van der Waals surface area (Å²) in [5.74, 6) is 5.60. The number of benzene rings is 1. The Hall–Kier alpha value is -1.71. The second-order valence-corrected chi connectivity index (χ2v) is 3.77. The normalized spacial score (nSPS) is 12.4. The molecule has 0 saturated carbocycles. The first-order chi connectivity index (χ1) is 7.81. The van der Waals surface area contributed by atoms with Gasteiger partial charge in [0.05, 0.1) is 11.7 Å². The third kappa shape index (κ3) is 2.27. The summed E-state index contributed by atoms with van der Waals surface area (Å²) in [5.41, 5.74) is 6.03. The smallest absolute Gasteiger partial charge is 0.0881 e. The number of rotatable bonds is 3. The van der Waals surface area contributed by atoms with Gasteiger partial charge in [0.15, 0.2) is 0 Å². The Labute approximate surface area is 95.3 Å². The number of hydrazine groups is 1. The van der Waals surface area contributed by atoms with E-state index in [0.717, 1.165) is 11.3 Å². The van der Waals surface area contributed by atoms with Gasteiger partial charge in [-0.25, -0.2) is 5.43 Å². The Morgan fingerprint density at radius 2 is 1.94 bits per heavy atom. The van der Waals surface area contributed by atoms with Crippen molar-refractivity contribution >= 4 is 0 Å². The molecule has 2 aromatic rings. The fourth-order valence-electron chi connectivity index (χ4n) is 1.72. The highest BCUT2D eigenvalue weighted by atomic mass is 15.2. The molecular weight excluding hydrogens is 198 g/mol. The minimum atomic E-state index is -0.0545. The van der Waals surface area contributed by atoms with Crippen LogP contribution in [0.5, 0.6) is 0 Å². The van der Waals surface area contributed by atoms with Gasteiger partial charge in [0.2, 0.25) is 0 Å². The maximum Gasteiger partial charge on any atom is 0.0881 e. The lowest BCUT2D eigenvalue weighted by molar-refractivity contribution is 0.620. The summed E-state index contributed by atoms with van der Waals surface area (Å²) >= 11 is 0. The molecule has 1 unspecified atom stereocenters. The number of aromatic nitrogens is 1. The van der Waals surface area contributed by atoms with E-state index in [-0.39, 0.29) is 6.04 Å². The van der Waals surface area contributed by atoms with E-state index in [2.05, 4.69) is 10.4 Å². The van der Waals surface area contributed by atoms with Gasteiger partial charge in [0.1, 0.15) is 0 Å². The van der Waals surface area contributed by atoms with Gasteiger partial charge in [-0.2, -0.15) is 0 Å². The second kappa shape index (κ2) is 4.88. The Morgan fingerprint density at radius 1 is 1.19 bits per heavy atom. The summed E-state index contributed by atoms with van der Waals surface area (Å²) < 4.78 is 0. The van der Waals surface area contributed by atoms with Crippen molar-refractivity contribution in [1.82, 2.24) is 10.4 Å². The monoisotopic (exact) mass is 213 g/mol. The number of aryl methyl sites for hydroxylation is 1. The largest absolute Gasteiger partial charge is 0.271 e. The van der Waals surface area contributed by atoms with E-state index in [1.54, 1.807) is 6.20 Å². The van der Waals surface area contributed by atoms with E-state index < -0.39 is 0 Å². The molecule has 0 fully saturated rings. The van der Waals surface area contributed by atoms with Gasteiger partial charge in [0.25, 0.3) is 0 Å². The van der Waals surface area contributed by atoms with Gasteiger partial charge in [0, 0.05) is 6.20 Å². The Morgan fingerprint density at radius 3 is 2.56 bits per heavy atom. The molecule has 16 heavy (non-hydrogen) atoms. The highest BCUT2D eigenvalue weighted by Crippen LogP contribution is 2.19. The summed E-state index contributed by atoms with van der Waals surface area (Å²) in [6.07, 6.45) is 1.80. The minimum Gasteiger partial charge on any atom is -0.271 e. The maximum atomic E-state index is 5.60. The molecule has 1 aromatic heterocycles. The Bertz CT molecular complexity index is 454. The van der Waals surface area contributed by atoms with Crippen LogP contribution in [0.4, 0.5) is 0 Å². The number of hydrogen-bond acceptors (Lipinski definition) is 3. The first-order valence-corrected chi connectivity index (χ1v) is 5.25. The summed E-state index contributed by atoms with van der Waals surface area (Å²) in [5, 5.41) is 0. The zero-order chi connectivity index (χ0) is 11.4. The predicted molar refractivity (Wildman–Crippen MR) is 64.6 cm³/mol. The van der Waals surface area contributed by atoms with E-state index in [0.29, 0.717) is 0 Å². The van der Waals surface area contributed by atoms with Crippen molar-refractivity contribution < 1.29 is 0 Å². The lowest BCUT2D eigenvalue weighted by atomic mass is 10.0. The van der Waals surface area contributed by atoms with E-state index in [4.69, 9.17) is 5.84 Å². The molecule has 1 aromatic carbocycles. The molecule has 1 heterocycles. The van der Waals surface area contributed by atoms with Crippen molar-refractivity contribution in [3.05, 3.63) is 65.5 Å². The van der Waals surface area contributed by atoms with Gasteiger partial charge in [-0.15, -0.1) is 0 Å². The molecule has 0 amide bonds. The van der Waals surface area contributed by atoms with Crippen molar-refractivity contribution in [2.24, 2.45) is 5.84 Å². The molecule has 0 aliphatic heterocycles. The van der Waals surface area contributed by atoms with Crippen LogP contribution >= 0.6 is 0 Å². The first-order valence-electron chi connectivity index (χ1n) is 5.25. The molecule has 0 aliphatic carbocycles. The number of nitrogens with two attached hydrogens (primary N) is 1. The lowest BCUT2D eigenvalue weighted by Gasteiger charge is -2.15. The molecule has 0 bridgehead atoms. The van der Waals surface area contributed by atoms with Crippen LogP contribution in [-0.4, -0.2) is 4.98 Å². The number of hydrogen-bond donors (Lipinski definition) is 2. The predicted octanol–water partition coefficient (Wildman–Crippen LogP) is 1.94. The maximum absolute atomic E-state index is 5.60. The standard InChI is InChI=1S/C13H15N3/c1-10-7-8-15-12(9-10)13(16-14)11-5-3-2-4-6-11/h2-9,13,16H,14H2,1H3. The summed E-state index contributed by atoms with van der Waals surface area (Å²) in [7, 11) is 0. The highest BCUT2D eigenvalue weighted by molar-refractivity contribution is 5.29. The Balaban J connectivity index is 2.37. The molecule has 0 saturated heterocycles. The average Bonchev–Trinajstić information content (AvgIpc) is 2.31. The van der Waals surface area contributed by atoms with Gasteiger partial charge >= 0.3 is 0 Å². The van der Waals surface area contributed by atoms with E-state index in [9.17, 15) is 0 Å². The van der Waals surface area contributed by atoms with Gasteiger partial charge in [-0.05, 0) is 30.2 Å². The molecule has 3 nitrogen and oxygen atoms in total. The van der Waals surface area contributed by atoms with Crippen molar-refractivity contribution in [2.75, 3.05) is 0 Å². The van der Waals surface area contributed by atoms with Crippen molar-refractivity contribution in [2.45, 2.75) is 13.0 Å². The second-order valence-electron chi connectivity index (χ2n) is 3.77. The SMILES string of the molecule is Cc1ccnc(C(NN)c2ccccc2)c1. The van der Waals surface area contributed by atoms with Crippen LogP contribution in [0, 0.1) is 6.92 Å². The van der Waals surface area contributed by atoms with Crippen molar-refractivity contribution in [3.8, 4) is 0 Å². The molecule has 0 spiro atoms. The van der Waals surface area contributed by atoms with Crippen LogP contribution in [0.2, 0.25) is 0 Å². The Kier molecular flexibility index (Phi) is 3.29. The fourth-order valence-corrected chi connectivity index (χ4v) is 1.72. The van der Waals surface area contributed by atoms with Crippen molar-refractivity contribution in [1.29, 1.82) is 0 Å². The van der Waals surface area contributed by atoms with Crippen LogP contribution in [0.1, 0.15) is 22.9 Å². The van der Waals surface area contributed by atoms with E-state index >= 15 is 0 Å². The number of pyridine rings is 1. The van der Waals surface area contributed by atoms with Crippen LogP contribution in [-0.2, 0) is 0 Å². The van der Waals surface area contributed by atoms with E-state index in [1.165, 1.54) is 5.56 Å². The minimum absolute atomic E-state index is 0.0545. The fraction of sp³-hybridized carbons (Fsp3) is 0.154. The molecule has 1 atom stereocenters. The van der Waals surface area contributed by atoms with Crippen LogP contribution in [0.15, 0.2) is 48.7 Å². The molecule has 3 heteroatoms. The topological polar surface area (TPSA) is 50.9 Å². The van der Waals surface area contributed by atoms with Crippen LogP contribution < -0.4 is 11.3 Å². The van der Waals surface area contributed by atoms with Crippen LogP contribution in [0.3, 0.4) is 0 Å². The third-order valence-corrected chi connectivity index (χ3v) is 2.53. The first kappa shape index (κ1) is 10.8. The molecule has 0 radical (unpaired) electrons. The van der Waals surface area contributed by atoms with E-state index in [1.807, 2.05) is 49.4 Å². The molecular formula is C13H15N3. The van der Waals surface area contributed by atoms with Crippen molar-refractivity contribution in [3.63, 3.8) is 0 Å². The molecule has 3 N–H and O–H groups in total. The van der Waals surface area contributed by atoms with Crippen LogP contribution in [0.25, 0.3) is 0 Å². The number of nitrogens with one attached hydrogen (secondary N) is 1. The highest BCUT2D eigenvalue weighted by Gasteiger charge is 2.12. The molecule has 0 aliphatic rings. The zero-order valence-corrected chi connectivity index (χ0v) is 9.22.